The molecule has 0 heterocycles. The van der Waals surface area contributed by atoms with E-state index in [1.54, 1.807) is 0 Å². The number of aliphatic carboxylic acids is 1. The zero-order chi connectivity index (χ0) is 13.3. The molecule has 0 rings (SSSR count). The van der Waals surface area contributed by atoms with Gasteiger partial charge in [0.25, 0.3) is 0 Å². The van der Waals surface area contributed by atoms with Crippen molar-refractivity contribution in [3.05, 3.63) is 23.3 Å². The standard InChI is InChI=1S/C14H22O3/c1-11(2)6-4-7-12(3)8-5-9-13(15)10-14(16)17/h6,8H,4-5,7,9-10H2,1-3H3,(H,16,17)/b12-8+. The predicted molar refractivity (Wildman–Crippen MR) is 68.9 cm³/mol. The summed E-state index contributed by atoms with van der Waals surface area (Å²) in [6.07, 6.45) is 6.85. The summed E-state index contributed by atoms with van der Waals surface area (Å²) in [7, 11) is 0. The Kier molecular flexibility index (Phi) is 8.03. The second kappa shape index (κ2) is 8.74. The molecule has 0 unspecified atom stereocenters. The van der Waals surface area contributed by atoms with Crippen LogP contribution in [0.15, 0.2) is 23.3 Å². The topological polar surface area (TPSA) is 54.4 Å². The normalized spacial score (nSPS) is 11.1. The molecule has 96 valence electrons. The van der Waals surface area contributed by atoms with Crippen LogP contribution in [0, 0.1) is 0 Å². The van der Waals surface area contributed by atoms with Gasteiger partial charge in [0.2, 0.25) is 0 Å². The molecule has 0 aromatic carbocycles. The van der Waals surface area contributed by atoms with Crippen molar-refractivity contribution in [3.8, 4) is 0 Å². The van der Waals surface area contributed by atoms with Crippen LogP contribution in [0.5, 0.6) is 0 Å². The lowest BCUT2D eigenvalue weighted by molar-refractivity contribution is -0.140. The summed E-state index contributed by atoms with van der Waals surface area (Å²) in [5.41, 5.74) is 2.57. The number of carbonyl (C=O) groups is 2. The van der Waals surface area contributed by atoms with Crippen LogP contribution >= 0.6 is 0 Å². The first-order valence-electron chi connectivity index (χ1n) is 5.94. The Bertz CT molecular complexity index is 320. The number of Topliss-reactive ketones (excluding diaryl/α,β-unsaturated/α-hetero) is 1. The van der Waals surface area contributed by atoms with Crippen LogP contribution in [0.25, 0.3) is 0 Å². The first kappa shape index (κ1) is 15.6. The van der Waals surface area contributed by atoms with Crippen molar-refractivity contribution in [2.75, 3.05) is 0 Å². The van der Waals surface area contributed by atoms with Gasteiger partial charge in [-0.25, -0.2) is 0 Å². The fourth-order valence-corrected chi connectivity index (χ4v) is 1.43. The summed E-state index contributed by atoms with van der Waals surface area (Å²) in [6.45, 7) is 6.19. The molecule has 0 aromatic heterocycles. The number of carboxylic acid groups (broad SMARTS) is 1. The van der Waals surface area contributed by atoms with Crippen molar-refractivity contribution in [3.63, 3.8) is 0 Å². The summed E-state index contributed by atoms with van der Waals surface area (Å²) in [5, 5.41) is 8.42. The molecule has 3 heteroatoms. The fourth-order valence-electron chi connectivity index (χ4n) is 1.43. The van der Waals surface area contributed by atoms with Crippen LogP contribution in [0.2, 0.25) is 0 Å². The highest BCUT2D eigenvalue weighted by Gasteiger charge is 2.05. The zero-order valence-electron chi connectivity index (χ0n) is 11.0. The Hall–Kier alpha value is -1.38. The van der Waals surface area contributed by atoms with Crippen LogP contribution in [-0.2, 0) is 9.59 Å². The maximum Gasteiger partial charge on any atom is 0.310 e. The molecule has 3 nitrogen and oxygen atoms in total. The minimum absolute atomic E-state index is 0.203. The first-order chi connectivity index (χ1) is 7.91. The molecule has 0 spiro atoms. The Labute approximate surface area is 103 Å². The highest BCUT2D eigenvalue weighted by molar-refractivity contribution is 5.94. The summed E-state index contributed by atoms with van der Waals surface area (Å²) >= 11 is 0. The van der Waals surface area contributed by atoms with Crippen molar-refractivity contribution >= 4 is 11.8 Å². The van der Waals surface area contributed by atoms with Crippen LogP contribution in [0.3, 0.4) is 0 Å². The second-order valence-electron chi connectivity index (χ2n) is 4.52. The smallest absolute Gasteiger partial charge is 0.310 e. The summed E-state index contributed by atoms with van der Waals surface area (Å²) in [4.78, 5) is 21.4. The minimum Gasteiger partial charge on any atom is -0.481 e. The van der Waals surface area contributed by atoms with Crippen LogP contribution in [-0.4, -0.2) is 16.9 Å². The zero-order valence-corrected chi connectivity index (χ0v) is 11.0. The van der Waals surface area contributed by atoms with Crippen LogP contribution in [0.4, 0.5) is 0 Å². The highest BCUT2D eigenvalue weighted by atomic mass is 16.4. The number of rotatable bonds is 8. The second-order valence-corrected chi connectivity index (χ2v) is 4.52. The Morgan fingerprint density at radius 2 is 1.59 bits per heavy atom. The predicted octanol–water partition coefficient (Wildman–Crippen LogP) is 3.50. The third-order valence-electron chi connectivity index (χ3n) is 2.36. The molecular weight excluding hydrogens is 216 g/mol. The molecule has 0 fully saturated rings. The maximum absolute atomic E-state index is 11.1. The van der Waals surface area contributed by atoms with E-state index in [-0.39, 0.29) is 12.2 Å². The molecule has 0 amide bonds. The van der Waals surface area contributed by atoms with Gasteiger partial charge in [-0.2, -0.15) is 0 Å². The van der Waals surface area contributed by atoms with E-state index in [9.17, 15) is 9.59 Å². The summed E-state index contributed by atoms with van der Waals surface area (Å²) in [6, 6.07) is 0. The van der Waals surface area contributed by atoms with Crippen LogP contribution in [0.1, 0.15) is 52.9 Å². The Morgan fingerprint density at radius 3 is 2.12 bits per heavy atom. The first-order valence-corrected chi connectivity index (χ1v) is 5.94. The van der Waals surface area contributed by atoms with Crippen molar-refractivity contribution in [1.29, 1.82) is 0 Å². The van der Waals surface area contributed by atoms with Crippen molar-refractivity contribution in [2.45, 2.75) is 52.9 Å². The third-order valence-corrected chi connectivity index (χ3v) is 2.36. The van der Waals surface area contributed by atoms with E-state index in [4.69, 9.17) is 5.11 Å². The molecular formula is C14H22O3. The third kappa shape index (κ3) is 10.9. The van der Waals surface area contributed by atoms with Gasteiger partial charge in [0, 0.05) is 6.42 Å². The van der Waals surface area contributed by atoms with Crippen molar-refractivity contribution in [2.24, 2.45) is 0 Å². The van der Waals surface area contributed by atoms with Crippen molar-refractivity contribution < 1.29 is 14.7 Å². The molecule has 17 heavy (non-hydrogen) atoms. The van der Waals surface area contributed by atoms with Crippen LogP contribution < -0.4 is 0 Å². The Morgan fingerprint density at radius 1 is 1.00 bits per heavy atom. The van der Waals surface area contributed by atoms with E-state index >= 15 is 0 Å². The molecule has 0 saturated carbocycles. The van der Waals surface area contributed by atoms with E-state index in [2.05, 4.69) is 19.9 Å². The van der Waals surface area contributed by atoms with Gasteiger partial charge in [0.1, 0.15) is 12.2 Å². The number of carbonyl (C=O) groups excluding carboxylic acids is 1. The van der Waals surface area contributed by atoms with Gasteiger partial charge in [-0.05, 0) is 40.0 Å². The van der Waals surface area contributed by atoms with Crippen molar-refractivity contribution in [1.82, 2.24) is 0 Å². The number of carboxylic acids is 1. The molecule has 0 bridgehead atoms. The number of allylic oxidation sites excluding steroid dienone is 4. The van der Waals surface area contributed by atoms with E-state index in [0.29, 0.717) is 12.8 Å². The monoisotopic (exact) mass is 238 g/mol. The lowest BCUT2D eigenvalue weighted by Gasteiger charge is -1.99. The van der Waals surface area contributed by atoms with Gasteiger partial charge in [0.05, 0.1) is 0 Å². The lowest BCUT2D eigenvalue weighted by Crippen LogP contribution is -2.05. The molecule has 0 radical (unpaired) electrons. The van der Waals surface area contributed by atoms with E-state index in [1.807, 2.05) is 13.0 Å². The molecule has 0 aromatic rings. The molecule has 0 atom stereocenters. The van der Waals surface area contributed by atoms with Gasteiger partial charge in [-0.3, -0.25) is 9.59 Å². The quantitative estimate of drug-likeness (QED) is 0.520. The SMILES string of the molecule is CC(C)=CCC/C(C)=C/CCC(=O)CC(=O)O. The number of hydrogen-bond acceptors (Lipinski definition) is 2. The Balaban J connectivity index is 3.80. The number of hydrogen-bond donors (Lipinski definition) is 1. The van der Waals surface area contributed by atoms with Gasteiger partial charge in [0.15, 0.2) is 0 Å². The van der Waals surface area contributed by atoms with Gasteiger partial charge in [-0.15, -0.1) is 0 Å². The summed E-state index contributed by atoms with van der Waals surface area (Å²) in [5.74, 6) is -1.25. The van der Waals surface area contributed by atoms with E-state index < -0.39 is 5.97 Å². The van der Waals surface area contributed by atoms with E-state index in [0.717, 1.165) is 12.8 Å². The minimum atomic E-state index is -1.04. The van der Waals surface area contributed by atoms with Gasteiger partial charge >= 0.3 is 5.97 Å². The molecule has 0 aliphatic heterocycles. The fraction of sp³-hybridized carbons (Fsp3) is 0.571. The molecule has 0 aliphatic carbocycles. The molecule has 0 aliphatic rings. The number of ketones is 1. The average molecular weight is 238 g/mol. The van der Waals surface area contributed by atoms with Gasteiger partial charge in [-0.1, -0.05) is 23.3 Å². The summed E-state index contributed by atoms with van der Waals surface area (Å²) < 4.78 is 0. The maximum atomic E-state index is 11.1. The molecule has 1 N–H and O–H groups in total. The van der Waals surface area contributed by atoms with E-state index in [1.165, 1.54) is 11.1 Å². The molecule has 0 saturated heterocycles. The highest BCUT2D eigenvalue weighted by Crippen LogP contribution is 2.09. The average Bonchev–Trinajstić information content (AvgIpc) is 2.15. The largest absolute Gasteiger partial charge is 0.481 e. The van der Waals surface area contributed by atoms with Gasteiger partial charge < -0.3 is 5.11 Å². The lowest BCUT2D eigenvalue weighted by atomic mass is 10.1.